The van der Waals surface area contributed by atoms with E-state index in [4.69, 9.17) is 4.74 Å². The van der Waals surface area contributed by atoms with Crippen LogP contribution in [0.25, 0.3) is 0 Å². The van der Waals surface area contributed by atoms with E-state index in [0.29, 0.717) is 18.4 Å². The van der Waals surface area contributed by atoms with Gasteiger partial charge in [0.1, 0.15) is 18.8 Å². The van der Waals surface area contributed by atoms with Crippen LogP contribution < -0.4 is 10.1 Å². The lowest BCUT2D eigenvalue weighted by atomic mass is 10.1. The molecule has 0 aliphatic heterocycles. The minimum Gasteiger partial charge on any atom is -0.476 e. The number of rotatable bonds is 9. The molecule has 0 bridgehead atoms. The van der Waals surface area contributed by atoms with Crippen LogP contribution in [0.2, 0.25) is 0 Å². The van der Waals surface area contributed by atoms with E-state index in [1.807, 2.05) is 0 Å². The molecule has 1 heterocycles. The second-order valence-electron chi connectivity index (χ2n) is 5.00. The van der Waals surface area contributed by atoms with Crippen molar-refractivity contribution in [2.24, 2.45) is 0 Å². The number of likely N-dealkylation sites (N-methyl/N-ethyl adjacent to an activating group) is 1. The second kappa shape index (κ2) is 8.74. The van der Waals surface area contributed by atoms with Crippen molar-refractivity contribution in [3.63, 3.8) is 0 Å². The van der Waals surface area contributed by atoms with E-state index in [1.54, 1.807) is 6.33 Å². The Hall–Kier alpha value is -1.36. The van der Waals surface area contributed by atoms with Gasteiger partial charge in [-0.15, -0.1) is 0 Å². The molecular formula is C15H28N4O. The minimum absolute atomic E-state index is 0.328. The predicted octanol–water partition coefficient (Wildman–Crippen LogP) is 2.75. The lowest BCUT2D eigenvalue weighted by Gasteiger charge is -2.20. The van der Waals surface area contributed by atoms with Crippen LogP contribution in [0, 0.1) is 0 Å². The first-order chi connectivity index (χ1) is 9.63. The highest BCUT2D eigenvalue weighted by molar-refractivity contribution is 5.50. The maximum absolute atomic E-state index is 5.89. The van der Waals surface area contributed by atoms with Crippen LogP contribution in [0.5, 0.6) is 5.88 Å². The van der Waals surface area contributed by atoms with Crippen LogP contribution in [0.4, 0.5) is 5.82 Å². The average Bonchev–Trinajstić information content (AvgIpc) is 2.44. The Bertz CT molecular complexity index is 391. The molecule has 0 aromatic carbocycles. The molecule has 0 unspecified atom stereocenters. The minimum atomic E-state index is 0.328. The Morgan fingerprint density at radius 2 is 1.90 bits per heavy atom. The number of ether oxygens (including phenoxy) is 1. The summed E-state index contributed by atoms with van der Waals surface area (Å²) in [6.45, 7) is 15.2. The van der Waals surface area contributed by atoms with Crippen LogP contribution in [-0.2, 0) is 0 Å². The Balaban J connectivity index is 2.76. The maximum Gasteiger partial charge on any atom is 0.222 e. The Morgan fingerprint density at radius 1 is 1.20 bits per heavy atom. The van der Waals surface area contributed by atoms with Gasteiger partial charge in [-0.25, -0.2) is 9.97 Å². The molecule has 0 atom stereocenters. The summed E-state index contributed by atoms with van der Waals surface area (Å²) in [5, 5.41) is 3.28. The Kier molecular flexibility index (Phi) is 7.30. The van der Waals surface area contributed by atoms with Gasteiger partial charge in [0.25, 0.3) is 0 Å². The second-order valence-corrected chi connectivity index (χ2v) is 5.00. The van der Waals surface area contributed by atoms with Gasteiger partial charge in [-0.1, -0.05) is 27.7 Å². The molecule has 1 aromatic rings. The van der Waals surface area contributed by atoms with E-state index in [0.717, 1.165) is 37.6 Å². The summed E-state index contributed by atoms with van der Waals surface area (Å²) in [6.07, 6.45) is 1.57. The number of aromatic nitrogens is 2. The molecular weight excluding hydrogens is 252 g/mol. The summed E-state index contributed by atoms with van der Waals surface area (Å²) >= 11 is 0. The zero-order valence-corrected chi connectivity index (χ0v) is 13.4. The van der Waals surface area contributed by atoms with Crippen LogP contribution in [-0.4, -0.2) is 47.7 Å². The molecule has 0 saturated carbocycles. The number of nitrogens with zero attached hydrogens (tertiary/aromatic N) is 3. The van der Waals surface area contributed by atoms with Gasteiger partial charge in [0.15, 0.2) is 0 Å². The molecule has 114 valence electrons. The summed E-state index contributed by atoms with van der Waals surface area (Å²) in [4.78, 5) is 10.9. The van der Waals surface area contributed by atoms with E-state index in [2.05, 4.69) is 54.8 Å². The van der Waals surface area contributed by atoms with Gasteiger partial charge >= 0.3 is 0 Å². The third-order valence-corrected chi connectivity index (χ3v) is 3.31. The zero-order chi connectivity index (χ0) is 15.0. The predicted molar refractivity (Wildman–Crippen MR) is 83.6 cm³/mol. The van der Waals surface area contributed by atoms with E-state index < -0.39 is 0 Å². The lowest BCUT2D eigenvalue weighted by Crippen LogP contribution is -2.28. The van der Waals surface area contributed by atoms with Crippen molar-refractivity contribution >= 4 is 5.82 Å². The standard InChI is InChI=1S/C15H28N4O/c1-6-16-14-13(12(4)5)15(18-11-17-14)20-10-9-19(7-2)8-3/h11-12H,6-10H2,1-5H3,(H,16,17,18). The highest BCUT2D eigenvalue weighted by Gasteiger charge is 2.15. The SMILES string of the molecule is CCNc1ncnc(OCCN(CC)CC)c1C(C)C. The largest absolute Gasteiger partial charge is 0.476 e. The van der Waals surface area contributed by atoms with E-state index >= 15 is 0 Å². The number of nitrogens with one attached hydrogen (secondary N) is 1. The van der Waals surface area contributed by atoms with Crippen LogP contribution in [0.15, 0.2) is 6.33 Å². The van der Waals surface area contributed by atoms with Crippen molar-refractivity contribution in [3.05, 3.63) is 11.9 Å². The molecule has 1 N–H and O–H groups in total. The van der Waals surface area contributed by atoms with Gasteiger partial charge in [0.2, 0.25) is 5.88 Å². The van der Waals surface area contributed by atoms with Gasteiger partial charge in [0.05, 0.1) is 5.56 Å². The quantitative estimate of drug-likeness (QED) is 0.754. The van der Waals surface area contributed by atoms with Crippen molar-refractivity contribution in [1.82, 2.24) is 14.9 Å². The fourth-order valence-electron chi connectivity index (χ4n) is 2.13. The van der Waals surface area contributed by atoms with Crippen LogP contribution in [0.3, 0.4) is 0 Å². The van der Waals surface area contributed by atoms with Gasteiger partial charge < -0.3 is 15.0 Å². The fraction of sp³-hybridized carbons (Fsp3) is 0.733. The molecule has 0 fully saturated rings. The molecule has 0 saturated heterocycles. The van der Waals surface area contributed by atoms with Gasteiger partial charge in [-0.2, -0.15) is 0 Å². The fourth-order valence-corrected chi connectivity index (χ4v) is 2.13. The molecule has 5 nitrogen and oxygen atoms in total. The molecule has 0 aliphatic carbocycles. The summed E-state index contributed by atoms with van der Waals surface area (Å²) in [6, 6.07) is 0. The smallest absolute Gasteiger partial charge is 0.222 e. The Labute approximate surface area is 122 Å². The first-order valence-electron chi connectivity index (χ1n) is 7.57. The maximum atomic E-state index is 5.89. The number of hydrogen-bond donors (Lipinski definition) is 1. The van der Waals surface area contributed by atoms with E-state index in [-0.39, 0.29) is 0 Å². The molecule has 0 spiro atoms. The van der Waals surface area contributed by atoms with E-state index in [9.17, 15) is 0 Å². The van der Waals surface area contributed by atoms with Crippen molar-refractivity contribution in [2.45, 2.75) is 40.5 Å². The normalized spacial score (nSPS) is 11.2. The zero-order valence-electron chi connectivity index (χ0n) is 13.4. The molecule has 20 heavy (non-hydrogen) atoms. The molecule has 1 aromatic heterocycles. The first-order valence-corrected chi connectivity index (χ1v) is 7.57. The highest BCUT2D eigenvalue weighted by atomic mass is 16.5. The lowest BCUT2D eigenvalue weighted by molar-refractivity contribution is 0.216. The average molecular weight is 280 g/mol. The van der Waals surface area contributed by atoms with Crippen molar-refractivity contribution in [1.29, 1.82) is 0 Å². The molecule has 1 rings (SSSR count). The Morgan fingerprint density at radius 3 is 2.45 bits per heavy atom. The summed E-state index contributed by atoms with van der Waals surface area (Å²) in [5.41, 5.74) is 1.06. The molecule has 0 aliphatic rings. The molecule has 0 amide bonds. The summed E-state index contributed by atoms with van der Waals surface area (Å²) in [7, 11) is 0. The number of anilines is 1. The summed E-state index contributed by atoms with van der Waals surface area (Å²) < 4.78 is 5.89. The van der Waals surface area contributed by atoms with Crippen molar-refractivity contribution in [3.8, 4) is 5.88 Å². The third-order valence-electron chi connectivity index (χ3n) is 3.31. The molecule has 0 radical (unpaired) electrons. The van der Waals surface area contributed by atoms with Gasteiger partial charge in [-0.3, -0.25) is 0 Å². The summed E-state index contributed by atoms with van der Waals surface area (Å²) in [5.74, 6) is 1.92. The third kappa shape index (κ3) is 4.63. The first kappa shape index (κ1) is 16.7. The highest BCUT2D eigenvalue weighted by Crippen LogP contribution is 2.29. The van der Waals surface area contributed by atoms with Crippen LogP contribution in [0.1, 0.15) is 46.1 Å². The molecule has 5 heteroatoms. The van der Waals surface area contributed by atoms with Gasteiger partial charge in [0, 0.05) is 13.1 Å². The van der Waals surface area contributed by atoms with E-state index in [1.165, 1.54) is 0 Å². The van der Waals surface area contributed by atoms with Gasteiger partial charge in [-0.05, 0) is 25.9 Å². The monoisotopic (exact) mass is 280 g/mol. The number of hydrogen-bond acceptors (Lipinski definition) is 5. The topological polar surface area (TPSA) is 50.3 Å². The van der Waals surface area contributed by atoms with Crippen molar-refractivity contribution < 1.29 is 4.74 Å². The van der Waals surface area contributed by atoms with Crippen molar-refractivity contribution in [2.75, 3.05) is 38.1 Å². The van der Waals surface area contributed by atoms with Crippen LogP contribution >= 0.6 is 0 Å².